The van der Waals surface area contributed by atoms with Crippen LogP contribution in [0.15, 0.2) is 53.7 Å². The molecular weight excluding hydrogens is 533 g/mol. The highest BCUT2D eigenvalue weighted by Gasteiger charge is 2.32. The molecule has 204 valence electrons. The van der Waals surface area contributed by atoms with Crippen LogP contribution < -0.4 is 15.4 Å². The predicted octanol–water partition coefficient (Wildman–Crippen LogP) is 4.07. The van der Waals surface area contributed by atoms with Crippen molar-refractivity contribution < 1.29 is 26.3 Å². The summed E-state index contributed by atoms with van der Waals surface area (Å²) in [6, 6.07) is 9.64. The van der Waals surface area contributed by atoms with Gasteiger partial charge in [-0.05, 0) is 30.5 Å². The van der Waals surface area contributed by atoms with E-state index in [0.717, 1.165) is 17.6 Å². The van der Waals surface area contributed by atoms with Crippen LogP contribution in [0.1, 0.15) is 29.4 Å². The zero-order chi connectivity index (χ0) is 27.8. The lowest BCUT2D eigenvalue weighted by molar-refractivity contribution is -0.128. The summed E-state index contributed by atoms with van der Waals surface area (Å²) in [7, 11) is -2.01. The summed E-state index contributed by atoms with van der Waals surface area (Å²) in [5.74, 6) is 6.77. The zero-order valence-corrected chi connectivity index (χ0v) is 21.9. The fraction of sp³-hybridized carbons (Fsp3) is 0.308. The third-order valence-electron chi connectivity index (χ3n) is 6.37. The molecule has 39 heavy (non-hydrogen) atoms. The van der Waals surface area contributed by atoms with Gasteiger partial charge >= 0.3 is 6.18 Å². The minimum Gasteiger partial charge on any atom is -0.495 e. The number of ether oxygens (including phenoxy) is 1. The highest BCUT2D eigenvalue weighted by atomic mass is 32.2. The van der Waals surface area contributed by atoms with Crippen LogP contribution >= 0.6 is 0 Å². The van der Waals surface area contributed by atoms with Crippen molar-refractivity contribution in [2.24, 2.45) is 0 Å². The molecule has 3 aromatic heterocycles. The molecule has 1 aliphatic heterocycles. The molecule has 0 fully saturated rings. The minimum absolute atomic E-state index is 0.0391. The van der Waals surface area contributed by atoms with E-state index < -0.39 is 22.4 Å². The molecular formula is C26H25F3N6O3S. The SMILES string of the molecule is COc1cc(S(C)(=O)=O)ccc1NCC#Cc1nc2c([C@H]3CCn4nccc4N3)cccn2c1CC(F)(F)F. The number of aryl methyl sites for hydroxylation is 1. The van der Waals surface area contributed by atoms with Gasteiger partial charge in [-0.15, -0.1) is 0 Å². The number of fused-ring (bicyclic) bond motifs is 2. The largest absolute Gasteiger partial charge is 0.495 e. The molecule has 5 rings (SSSR count). The lowest BCUT2D eigenvalue weighted by atomic mass is 10.0. The van der Waals surface area contributed by atoms with Crippen molar-refractivity contribution >= 4 is 27.0 Å². The number of sulfone groups is 1. The molecule has 13 heteroatoms. The van der Waals surface area contributed by atoms with Gasteiger partial charge in [-0.25, -0.2) is 18.1 Å². The highest BCUT2D eigenvalue weighted by molar-refractivity contribution is 7.90. The Balaban J connectivity index is 1.44. The van der Waals surface area contributed by atoms with Gasteiger partial charge in [-0.3, -0.25) is 0 Å². The molecule has 0 bridgehead atoms. The van der Waals surface area contributed by atoms with E-state index in [9.17, 15) is 21.6 Å². The number of pyridine rings is 1. The number of aromatic nitrogens is 4. The second-order valence-electron chi connectivity index (χ2n) is 9.07. The first kappa shape index (κ1) is 26.4. The number of hydrogen-bond donors (Lipinski definition) is 2. The number of benzene rings is 1. The Bertz CT molecular complexity index is 1700. The smallest absolute Gasteiger partial charge is 0.394 e. The van der Waals surface area contributed by atoms with E-state index in [4.69, 9.17) is 4.74 Å². The summed E-state index contributed by atoms with van der Waals surface area (Å²) in [6.07, 6.45) is -0.581. The molecule has 9 nitrogen and oxygen atoms in total. The van der Waals surface area contributed by atoms with Crippen LogP contribution in [0.3, 0.4) is 0 Å². The van der Waals surface area contributed by atoms with Gasteiger partial charge in [0.15, 0.2) is 9.84 Å². The van der Waals surface area contributed by atoms with Crippen molar-refractivity contribution in [1.82, 2.24) is 19.2 Å². The maximum atomic E-state index is 13.5. The lowest BCUT2D eigenvalue weighted by Gasteiger charge is -2.26. The topological polar surface area (TPSA) is 103 Å². The Morgan fingerprint density at radius 1 is 1.26 bits per heavy atom. The Hall–Kier alpha value is -4.18. The Morgan fingerprint density at radius 3 is 2.82 bits per heavy atom. The number of nitrogens with zero attached hydrogens (tertiary/aromatic N) is 4. The number of imidazole rings is 1. The fourth-order valence-corrected chi connectivity index (χ4v) is 5.19. The number of rotatable bonds is 6. The number of alkyl halides is 3. The number of nitrogens with one attached hydrogen (secondary N) is 2. The lowest BCUT2D eigenvalue weighted by Crippen LogP contribution is -2.23. The standard InChI is InChI=1S/C26H25F3N6O3S/c1-38-23-15-17(39(2,36)37)7-8-21(23)30-11-3-6-20-22(16-26(27,28)29)34-13-4-5-18(25(34)33-20)19-10-14-35-24(32-19)9-12-31-35/h4-5,7-9,12-13,15,19,30,32H,10-11,14,16H2,1-2H3/t19-/m1/s1. The normalized spacial score (nSPS) is 15.3. The molecule has 0 aliphatic carbocycles. The molecule has 0 radical (unpaired) electrons. The third kappa shape index (κ3) is 5.65. The molecule has 0 saturated heterocycles. The molecule has 1 aliphatic rings. The first-order chi connectivity index (χ1) is 18.5. The quantitative estimate of drug-likeness (QED) is 0.344. The Kier molecular flexibility index (Phi) is 6.90. The molecule has 0 spiro atoms. The Morgan fingerprint density at radius 2 is 2.08 bits per heavy atom. The van der Waals surface area contributed by atoms with E-state index in [-0.39, 0.29) is 28.9 Å². The van der Waals surface area contributed by atoms with E-state index >= 15 is 0 Å². The van der Waals surface area contributed by atoms with Gasteiger partial charge in [-0.2, -0.15) is 18.3 Å². The van der Waals surface area contributed by atoms with Gasteiger partial charge in [0.2, 0.25) is 0 Å². The van der Waals surface area contributed by atoms with Gasteiger partial charge in [0.05, 0.1) is 48.6 Å². The van der Waals surface area contributed by atoms with Crippen molar-refractivity contribution in [2.45, 2.75) is 36.5 Å². The van der Waals surface area contributed by atoms with Crippen LogP contribution in [-0.2, 0) is 22.8 Å². The molecule has 1 atom stereocenters. The van der Waals surface area contributed by atoms with Crippen LogP contribution in [0, 0.1) is 11.8 Å². The van der Waals surface area contributed by atoms with Gasteiger partial charge in [-0.1, -0.05) is 12.0 Å². The molecule has 2 N–H and O–H groups in total. The molecule has 0 unspecified atom stereocenters. The second-order valence-corrected chi connectivity index (χ2v) is 11.1. The minimum atomic E-state index is -4.45. The van der Waals surface area contributed by atoms with E-state index in [1.165, 1.54) is 23.6 Å². The summed E-state index contributed by atoms with van der Waals surface area (Å²) in [5, 5.41) is 10.6. The van der Waals surface area contributed by atoms with E-state index in [2.05, 4.69) is 32.6 Å². The van der Waals surface area contributed by atoms with E-state index in [1.807, 2.05) is 16.8 Å². The molecule has 0 saturated carbocycles. The summed E-state index contributed by atoms with van der Waals surface area (Å²) in [6.45, 7) is 0.735. The average molecular weight is 559 g/mol. The van der Waals surface area contributed by atoms with Crippen LogP contribution in [-0.4, -0.2) is 53.7 Å². The third-order valence-corrected chi connectivity index (χ3v) is 7.48. The van der Waals surface area contributed by atoms with Gasteiger partial charge in [0.25, 0.3) is 0 Å². The highest BCUT2D eigenvalue weighted by Crippen LogP contribution is 2.32. The number of hydrogen-bond acceptors (Lipinski definition) is 7. The van der Waals surface area contributed by atoms with Crippen LogP contribution in [0.5, 0.6) is 5.75 Å². The first-order valence-electron chi connectivity index (χ1n) is 12.0. The van der Waals surface area contributed by atoms with E-state index in [0.29, 0.717) is 30.0 Å². The van der Waals surface area contributed by atoms with Crippen molar-refractivity contribution in [1.29, 1.82) is 0 Å². The molecule has 0 amide bonds. The second kappa shape index (κ2) is 10.2. The maximum Gasteiger partial charge on any atom is 0.394 e. The average Bonchev–Trinajstić information content (AvgIpc) is 3.49. The van der Waals surface area contributed by atoms with Crippen LogP contribution in [0.2, 0.25) is 0 Å². The van der Waals surface area contributed by atoms with Gasteiger partial charge in [0, 0.05) is 36.7 Å². The van der Waals surface area contributed by atoms with Crippen molar-refractivity contribution in [2.75, 3.05) is 30.5 Å². The van der Waals surface area contributed by atoms with Gasteiger partial charge in [0.1, 0.15) is 22.9 Å². The van der Waals surface area contributed by atoms with Crippen LogP contribution in [0.4, 0.5) is 24.7 Å². The Labute approximate surface area is 222 Å². The van der Waals surface area contributed by atoms with Crippen LogP contribution in [0.25, 0.3) is 5.65 Å². The zero-order valence-electron chi connectivity index (χ0n) is 21.1. The fourth-order valence-electron chi connectivity index (χ4n) is 4.55. The van der Waals surface area contributed by atoms with Gasteiger partial charge < -0.3 is 19.8 Å². The predicted molar refractivity (Wildman–Crippen MR) is 140 cm³/mol. The number of halogens is 3. The molecule has 4 aromatic rings. The van der Waals surface area contributed by atoms with Crippen molar-refractivity contribution in [3.8, 4) is 17.6 Å². The van der Waals surface area contributed by atoms with E-state index in [1.54, 1.807) is 24.5 Å². The monoisotopic (exact) mass is 558 g/mol. The summed E-state index contributed by atoms with van der Waals surface area (Å²) < 4.78 is 72.8. The number of methoxy groups -OCH3 is 1. The number of anilines is 2. The summed E-state index contributed by atoms with van der Waals surface area (Å²) in [4.78, 5) is 4.64. The molecule has 4 heterocycles. The molecule has 1 aromatic carbocycles. The summed E-state index contributed by atoms with van der Waals surface area (Å²) >= 11 is 0. The van der Waals surface area contributed by atoms with Crippen molar-refractivity contribution in [3.63, 3.8) is 0 Å². The van der Waals surface area contributed by atoms with Crippen molar-refractivity contribution in [3.05, 3.63) is 65.7 Å². The first-order valence-corrected chi connectivity index (χ1v) is 13.9. The maximum absolute atomic E-state index is 13.5. The summed E-state index contributed by atoms with van der Waals surface area (Å²) in [5.41, 5.74) is 1.69.